The van der Waals surface area contributed by atoms with Crippen molar-refractivity contribution >= 4 is 31.8 Å². The molecule has 0 saturated heterocycles. The Balaban J connectivity index is 0.000000347. The zero-order valence-electron chi connectivity index (χ0n) is 35.6. The SMILES string of the molecule is CN(CCCCCCCCCNCCc1ccc(O)c2[nH]c(=O)ccc12)Cc1cnc(C(O)(c2ccccc2)C2CCCCC2)o1.Cc1cccc2c(S(=O)(=O)O)cccc12. The highest BCUT2D eigenvalue weighted by molar-refractivity contribution is 7.86. The van der Waals surface area contributed by atoms with Crippen LogP contribution in [0.2, 0.25) is 0 Å². The Hall–Kier alpha value is -4.85. The quantitative estimate of drug-likeness (QED) is 0.0391. The van der Waals surface area contributed by atoms with Crippen LogP contribution in [0.3, 0.4) is 0 Å². The number of phenols is 1. The van der Waals surface area contributed by atoms with Crippen molar-refractivity contribution in [3.05, 3.63) is 136 Å². The molecule has 6 aromatic rings. The average molecular weight is 851 g/mol. The molecular formula is C49H62N4O7S. The van der Waals surface area contributed by atoms with Gasteiger partial charge in [0.25, 0.3) is 10.1 Å². The zero-order chi connectivity index (χ0) is 43.2. The number of phenolic OH excluding ortho intramolecular Hbond substituents is 1. The number of oxazole rings is 1. The summed E-state index contributed by atoms with van der Waals surface area (Å²) in [7, 11) is -2.02. The van der Waals surface area contributed by atoms with E-state index in [1.54, 1.807) is 36.5 Å². The number of hydrogen-bond donors (Lipinski definition) is 5. The minimum atomic E-state index is -4.15. The lowest BCUT2D eigenvalue weighted by atomic mass is 9.73. The fraction of sp³-hybridized carbons (Fsp3) is 0.429. The number of fused-ring (bicyclic) bond motifs is 2. The van der Waals surface area contributed by atoms with E-state index in [1.165, 1.54) is 57.1 Å². The maximum atomic E-state index is 12.0. The van der Waals surface area contributed by atoms with Gasteiger partial charge in [-0.1, -0.05) is 118 Å². The molecule has 1 saturated carbocycles. The Kier molecular flexibility index (Phi) is 16.3. The Labute approximate surface area is 360 Å². The van der Waals surface area contributed by atoms with Gasteiger partial charge in [-0.05, 0) is 106 Å². The number of aromatic hydroxyl groups is 1. The van der Waals surface area contributed by atoms with E-state index in [0.29, 0.717) is 23.3 Å². The molecule has 12 heteroatoms. The van der Waals surface area contributed by atoms with Crippen LogP contribution in [-0.4, -0.2) is 64.7 Å². The third kappa shape index (κ3) is 12.2. The minimum Gasteiger partial charge on any atom is -0.506 e. The summed E-state index contributed by atoms with van der Waals surface area (Å²) in [5.74, 6) is 1.48. The normalized spacial score (nSPS) is 14.6. The number of benzene rings is 4. The van der Waals surface area contributed by atoms with Crippen LogP contribution < -0.4 is 10.9 Å². The molecule has 1 unspecified atom stereocenters. The second-order valence-electron chi connectivity index (χ2n) is 16.6. The lowest BCUT2D eigenvalue weighted by Gasteiger charge is -2.36. The summed E-state index contributed by atoms with van der Waals surface area (Å²) < 4.78 is 37.5. The van der Waals surface area contributed by atoms with Crippen molar-refractivity contribution in [1.29, 1.82) is 0 Å². The molecule has 0 aliphatic heterocycles. The maximum Gasteiger partial charge on any atom is 0.295 e. The van der Waals surface area contributed by atoms with Crippen molar-refractivity contribution in [1.82, 2.24) is 20.2 Å². The van der Waals surface area contributed by atoms with Gasteiger partial charge in [-0.25, -0.2) is 4.98 Å². The molecule has 1 atom stereocenters. The maximum absolute atomic E-state index is 12.0. The molecular weight excluding hydrogens is 789 g/mol. The van der Waals surface area contributed by atoms with Gasteiger partial charge in [-0.3, -0.25) is 14.2 Å². The van der Waals surface area contributed by atoms with E-state index in [4.69, 9.17) is 8.97 Å². The molecule has 4 aromatic carbocycles. The lowest BCUT2D eigenvalue weighted by molar-refractivity contribution is -0.0242. The fourth-order valence-corrected chi connectivity index (χ4v) is 9.40. The summed E-state index contributed by atoms with van der Waals surface area (Å²) >= 11 is 0. The van der Waals surface area contributed by atoms with Gasteiger partial charge in [0.15, 0.2) is 5.60 Å². The van der Waals surface area contributed by atoms with E-state index in [-0.39, 0.29) is 22.1 Å². The van der Waals surface area contributed by atoms with E-state index in [9.17, 15) is 23.4 Å². The molecule has 7 rings (SSSR count). The smallest absolute Gasteiger partial charge is 0.295 e. The molecule has 326 valence electrons. The first-order valence-corrected chi connectivity index (χ1v) is 23.3. The number of pyridine rings is 1. The molecule has 1 fully saturated rings. The molecule has 2 aromatic heterocycles. The van der Waals surface area contributed by atoms with Crippen LogP contribution in [0.1, 0.15) is 105 Å². The van der Waals surface area contributed by atoms with E-state index < -0.39 is 15.7 Å². The predicted octanol–water partition coefficient (Wildman–Crippen LogP) is 9.43. The van der Waals surface area contributed by atoms with Crippen molar-refractivity contribution < 1.29 is 27.6 Å². The zero-order valence-corrected chi connectivity index (χ0v) is 36.4. The van der Waals surface area contributed by atoms with Gasteiger partial charge in [0, 0.05) is 22.8 Å². The lowest BCUT2D eigenvalue weighted by Crippen LogP contribution is -2.38. The topological polar surface area (TPSA) is 169 Å². The number of nitrogens with zero attached hydrogens (tertiary/aromatic N) is 2. The van der Waals surface area contributed by atoms with E-state index in [2.05, 4.69) is 27.2 Å². The summed E-state index contributed by atoms with van der Waals surface area (Å²) in [4.78, 5) is 21.2. The second-order valence-corrected chi connectivity index (χ2v) is 18.0. The highest BCUT2D eigenvalue weighted by atomic mass is 32.2. The van der Waals surface area contributed by atoms with Crippen molar-refractivity contribution in [2.24, 2.45) is 5.92 Å². The summed E-state index contributed by atoms with van der Waals surface area (Å²) in [6.07, 6.45) is 16.7. The molecule has 0 bridgehead atoms. The summed E-state index contributed by atoms with van der Waals surface area (Å²) in [6, 6.07) is 27.0. The van der Waals surface area contributed by atoms with Crippen LogP contribution in [0.25, 0.3) is 21.7 Å². The molecule has 0 amide bonds. The number of aromatic amines is 1. The fourth-order valence-electron chi connectivity index (χ4n) is 8.69. The molecule has 5 N–H and O–H groups in total. The van der Waals surface area contributed by atoms with Gasteiger partial charge in [-0.15, -0.1) is 0 Å². The van der Waals surface area contributed by atoms with Crippen LogP contribution in [0.5, 0.6) is 5.75 Å². The summed E-state index contributed by atoms with van der Waals surface area (Å²) in [5, 5.41) is 27.9. The molecule has 1 aliphatic carbocycles. The van der Waals surface area contributed by atoms with Crippen molar-refractivity contribution in [3.63, 3.8) is 0 Å². The monoisotopic (exact) mass is 850 g/mol. The van der Waals surface area contributed by atoms with Crippen LogP contribution in [0, 0.1) is 12.8 Å². The predicted molar refractivity (Wildman–Crippen MR) is 242 cm³/mol. The Morgan fingerprint density at radius 2 is 1.52 bits per heavy atom. The first-order valence-electron chi connectivity index (χ1n) is 21.9. The molecule has 0 radical (unpaired) electrons. The van der Waals surface area contributed by atoms with E-state index in [0.717, 1.165) is 91.4 Å². The average Bonchev–Trinajstić information content (AvgIpc) is 3.74. The Morgan fingerprint density at radius 1 is 0.820 bits per heavy atom. The number of unbranched alkanes of at least 4 members (excludes halogenated alkanes) is 6. The van der Waals surface area contributed by atoms with Gasteiger partial charge >= 0.3 is 0 Å². The third-order valence-corrected chi connectivity index (χ3v) is 12.9. The molecule has 1 aliphatic rings. The van der Waals surface area contributed by atoms with Gasteiger partial charge in [0.05, 0.1) is 18.3 Å². The Morgan fingerprint density at radius 3 is 2.28 bits per heavy atom. The molecule has 11 nitrogen and oxygen atoms in total. The first kappa shape index (κ1) is 45.7. The molecule has 2 heterocycles. The number of rotatable bonds is 19. The van der Waals surface area contributed by atoms with Crippen LogP contribution in [0.4, 0.5) is 0 Å². The second kappa shape index (κ2) is 21.8. The minimum absolute atomic E-state index is 0.0382. The van der Waals surface area contributed by atoms with Crippen molar-refractivity contribution in [2.45, 2.75) is 107 Å². The number of H-pyrrole nitrogens is 1. The third-order valence-electron chi connectivity index (χ3n) is 12.0. The van der Waals surface area contributed by atoms with Crippen molar-refractivity contribution in [2.75, 3.05) is 26.7 Å². The van der Waals surface area contributed by atoms with Gasteiger partial charge in [-0.2, -0.15) is 8.42 Å². The molecule has 61 heavy (non-hydrogen) atoms. The number of aliphatic hydroxyl groups is 1. The number of aromatic nitrogens is 2. The van der Waals surface area contributed by atoms with Gasteiger partial charge < -0.3 is 24.9 Å². The summed E-state index contributed by atoms with van der Waals surface area (Å²) in [5.41, 5.74) is 2.12. The van der Waals surface area contributed by atoms with Crippen LogP contribution >= 0.6 is 0 Å². The highest BCUT2D eigenvalue weighted by Gasteiger charge is 2.44. The molecule has 0 spiro atoms. The van der Waals surface area contributed by atoms with Crippen LogP contribution in [0.15, 0.2) is 111 Å². The van der Waals surface area contributed by atoms with Crippen LogP contribution in [-0.2, 0) is 28.7 Å². The Bertz CT molecular complexity index is 2480. The number of hydrogen-bond acceptors (Lipinski definition) is 9. The van der Waals surface area contributed by atoms with Gasteiger partial charge in [0.2, 0.25) is 11.4 Å². The number of nitrogens with one attached hydrogen (secondary N) is 2. The van der Waals surface area contributed by atoms with E-state index in [1.807, 2.05) is 55.5 Å². The van der Waals surface area contributed by atoms with Gasteiger partial charge in [0.1, 0.15) is 16.4 Å². The highest BCUT2D eigenvalue weighted by Crippen LogP contribution is 2.43. The van der Waals surface area contributed by atoms with Crippen molar-refractivity contribution in [3.8, 4) is 5.75 Å². The standard InChI is InChI=1S/C38H52N4O4.C11H10O3S/c1-42(28-32-27-40-37(46-32)38(45,30-15-9-7-10-16-30)31-17-11-8-12-18-31)26-14-6-4-2-3-5-13-24-39-25-23-29-19-21-34(43)36-33(29)20-22-35(44)41-36;1-8-4-2-6-10-9(8)5-3-7-11(10)15(12,13)14/h7,9-10,15-16,19-22,27,31,39,43,45H,2-6,8,11-14,17-18,23-26,28H2,1H3,(H,41,44);2-7H,1H3,(H,12,13,14). The first-order chi connectivity index (χ1) is 29.4. The number of aryl methyl sites for hydroxylation is 1. The largest absolute Gasteiger partial charge is 0.506 e. The summed E-state index contributed by atoms with van der Waals surface area (Å²) in [6.45, 7) is 5.48. The van der Waals surface area contributed by atoms with E-state index >= 15 is 0 Å².